The molecule has 0 aromatic heterocycles. The fourth-order valence-electron chi connectivity index (χ4n) is 3.76. The number of amides is 1. The topological polar surface area (TPSA) is 20.3 Å². The lowest BCUT2D eigenvalue weighted by Gasteiger charge is -2.47. The van der Waals surface area contributed by atoms with Crippen LogP contribution in [-0.4, -0.2) is 23.9 Å². The van der Waals surface area contributed by atoms with Gasteiger partial charge >= 0.3 is 0 Å². The van der Waals surface area contributed by atoms with Crippen molar-refractivity contribution in [1.82, 2.24) is 4.90 Å². The summed E-state index contributed by atoms with van der Waals surface area (Å²) in [6, 6.07) is 0. The van der Waals surface area contributed by atoms with Crippen LogP contribution in [0.5, 0.6) is 0 Å². The van der Waals surface area contributed by atoms with E-state index in [0.717, 1.165) is 24.9 Å². The molecule has 0 aromatic rings. The maximum atomic E-state index is 12.1. The second-order valence-electron chi connectivity index (χ2n) is 7.29. The highest BCUT2D eigenvalue weighted by Crippen LogP contribution is 2.54. The Kier molecular flexibility index (Phi) is 3.33. The van der Waals surface area contributed by atoms with Crippen LogP contribution in [0.1, 0.15) is 52.4 Å². The van der Waals surface area contributed by atoms with Crippen LogP contribution in [0.2, 0.25) is 0 Å². The quantitative estimate of drug-likeness (QED) is 0.663. The first-order valence-corrected chi connectivity index (χ1v) is 7.88. The van der Waals surface area contributed by atoms with E-state index in [1.807, 2.05) is 4.90 Å². The number of carbonyl (C=O) groups is 1. The SMILES string of the molecule is CC(C)C1CC2(CCN(C(=O)C#CC3CCC3)C2)C1. The number of rotatable bonds is 1. The molecule has 1 aliphatic heterocycles. The third-order valence-corrected chi connectivity index (χ3v) is 5.55. The van der Waals surface area contributed by atoms with E-state index in [2.05, 4.69) is 25.7 Å². The van der Waals surface area contributed by atoms with Crippen LogP contribution in [-0.2, 0) is 4.79 Å². The molecule has 2 saturated carbocycles. The first-order valence-electron chi connectivity index (χ1n) is 7.88. The molecule has 104 valence electrons. The molecule has 0 bridgehead atoms. The van der Waals surface area contributed by atoms with Crippen molar-refractivity contribution in [2.24, 2.45) is 23.2 Å². The second-order valence-corrected chi connectivity index (χ2v) is 7.29. The number of likely N-dealkylation sites (tertiary alicyclic amines) is 1. The largest absolute Gasteiger partial charge is 0.331 e. The highest BCUT2D eigenvalue weighted by molar-refractivity contribution is 5.93. The predicted octanol–water partition coefficient (Wildman–Crippen LogP) is 3.07. The summed E-state index contributed by atoms with van der Waals surface area (Å²) in [5.41, 5.74) is 0.461. The van der Waals surface area contributed by atoms with Gasteiger partial charge in [0.15, 0.2) is 0 Å². The molecule has 3 rings (SSSR count). The molecule has 2 nitrogen and oxygen atoms in total. The molecule has 0 unspecified atom stereocenters. The molecule has 1 amide bonds. The van der Waals surface area contributed by atoms with E-state index in [1.54, 1.807) is 0 Å². The fraction of sp³-hybridized carbons (Fsp3) is 0.824. The number of hydrogen-bond acceptors (Lipinski definition) is 1. The third kappa shape index (κ3) is 2.53. The molecule has 1 spiro atoms. The van der Waals surface area contributed by atoms with Crippen molar-refractivity contribution in [3.8, 4) is 11.8 Å². The Morgan fingerprint density at radius 3 is 2.63 bits per heavy atom. The second kappa shape index (κ2) is 4.85. The normalized spacial score (nSPS) is 33.8. The molecule has 0 N–H and O–H groups in total. The van der Waals surface area contributed by atoms with Gasteiger partial charge < -0.3 is 4.90 Å². The van der Waals surface area contributed by atoms with Gasteiger partial charge in [-0.1, -0.05) is 26.2 Å². The smallest absolute Gasteiger partial charge is 0.298 e. The Bertz CT molecular complexity index is 418. The van der Waals surface area contributed by atoms with Crippen LogP contribution >= 0.6 is 0 Å². The summed E-state index contributed by atoms with van der Waals surface area (Å²) >= 11 is 0. The minimum absolute atomic E-state index is 0.0803. The standard InChI is InChI=1S/C17H25NO/c1-13(2)15-10-17(11-15)8-9-18(12-17)16(19)7-6-14-4-3-5-14/h13-15H,3-5,8-12H2,1-2H3. The van der Waals surface area contributed by atoms with Crippen molar-refractivity contribution in [2.45, 2.75) is 52.4 Å². The van der Waals surface area contributed by atoms with E-state index >= 15 is 0 Å². The molecule has 0 aromatic carbocycles. The van der Waals surface area contributed by atoms with Gasteiger partial charge in [-0.3, -0.25) is 4.79 Å². The van der Waals surface area contributed by atoms with Crippen LogP contribution in [0.4, 0.5) is 0 Å². The van der Waals surface area contributed by atoms with Gasteiger partial charge in [0, 0.05) is 19.0 Å². The van der Waals surface area contributed by atoms with Crippen molar-refractivity contribution >= 4 is 5.91 Å². The van der Waals surface area contributed by atoms with E-state index < -0.39 is 0 Å². The van der Waals surface area contributed by atoms with Gasteiger partial charge in [-0.05, 0) is 55.3 Å². The van der Waals surface area contributed by atoms with E-state index in [1.165, 1.54) is 38.5 Å². The molecular formula is C17H25NO. The summed E-state index contributed by atoms with van der Waals surface area (Å²) in [4.78, 5) is 14.1. The number of hydrogen-bond donors (Lipinski definition) is 0. The van der Waals surface area contributed by atoms with Crippen molar-refractivity contribution in [3.05, 3.63) is 0 Å². The lowest BCUT2D eigenvalue weighted by atomic mass is 9.58. The van der Waals surface area contributed by atoms with Crippen LogP contribution in [0, 0.1) is 35.0 Å². The van der Waals surface area contributed by atoms with Crippen molar-refractivity contribution in [1.29, 1.82) is 0 Å². The Morgan fingerprint density at radius 2 is 2.05 bits per heavy atom. The Morgan fingerprint density at radius 1 is 1.32 bits per heavy atom. The molecule has 0 atom stereocenters. The fourth-order valence-corrected chi connectivity index (χ4v) is 3.76. The summed E-state index contributed by atoms with van der Waals surface area (Å²) in [6.45, 7) is 6.54. The maximum absolute atomic E-state index is 12.1. The van der Waals surface area contributed by atoms with E-state index in [0.29, 0.717) is 11.3 Å². The molecule has 2 heteroatoms. The van der Waals surface area contributed by atoms with Crippen molar-refractivity contribution in [2.75, 3.05) is 13.1 Å². The molecule has 0 radical (unpaired) electrons. The molecule has 1 saturated heterocycles. The zero-order chi connectivity index (χ0) is 13.5. The molecule has 2 aliphatic carbocycles. The van der Waals surface area contributed by atoms with E-state index in [9.17, 15) is 4.79 Å². The van der Waals surface area contributed by atoms with Gasteiger partial charge in [0.1, 0.15) is 0 Å². The van der Waals surface area contributed by atoms with Crippen LogP contribution in [0.25, 0.3) is 0 Å². The first kappa shape index (κ1) is 13.0. The van der Waals surface area contributed by atoms with Crippen LogP contribution in [0.3, 0.4) is 0 Å². The maximum Gasteiger partial charge on any atom is 0.298 e. The van der Waals surface area contributed by atoms with Crippen molar-refractivity contribution in [3.63, 3.8) is 0 Å². The van der Waals surface area contributed by atoms with Gasteiger partial charge in [0.2, 0.25) is 0 Å². The number of nitrogens with zero attached hydrogens (tertiary/aromatic N) is 1. The van der Waals surface area contributed by atoms with Gasteiger partial charge in [0.25, 0.3) is 5.91 Å². The molecule has 3 aliphatic rings. The van der Waals surface area contributed by atoms with Crippen LogP contribution < -0.4 is 0 Å². The monoisotopic (exact) mass is 259 g/mol. The van der Waals surface area contributed by atoms with Crippen molar-refractivity contribution < 1.29 is 4.79 Å². The van der Waals surface area contributed by atoms with E-state index in [4.69, 9.17) is 0 Å². The molecular weight excluding hydrogens is 234 g/mol. The highest BCUT2D eigenvalue weighted by atomic mass is 16.2. The summed E-state index contributed by atoms with van der Waals surface area (Å²) in [7, 11) is 0. The lowest BCUT2D eigenvalue weighted by molar-refractivity contribution is -0.125. The summed E-state index contributed by atoms with van der Waals surface area (Å²) < 4.78 is 0. The minimum Gasteiger partial charge on any atom is -0.331 e. The molecule has 19 heavy (non-hydrogen) atoms. The third-order valence-electron chi connectivity index (χ3n) is 5.55. The molecule has 3 fully saturated rings. The highest BCUT2D eigenvalue weighted by Gasteiger charge is 2.49. The Hall–Kier alpha value is -0.970. The zero-order valence-corrected chi connectivity index (χ0v) is 12.2. The van der Waals surface area contributed by atoms with E-state index in [-0.39, 0.29) is 5.91 Å². The molecule has 1 heterocycles. The number of carbonyl (C=O) groups excluding carboxylic acids is 1. The summed E-state index contributed by atoms with van der Waals surface area (Å²) in [6.07, 6.45) is 7.53. The Labute approximate surface area is 116 Å². The lowest BCUT2D eigenvalue weighted by Crippen LogP contribution is -2.42. The average molecular weight is 259 g/mol. The predicted molar refractivity (Wildman–Crippen MR) is 76.3 cm³/mol. The summed E-state index contributed by atoms with van der Waals surface area (Å²) in [5, 5.41) is 0. The van der Waals surface area contributed by atoms with Gasteiger partial charge in [-0.15, -0.1) is 0 Å². The summed E-state index contributed by atoms with van der Waals surface area (Å²) in [5.74, 6) is 8.30. The van der Waals surface area contributed by atoms with Gasteiger partial charge in [-0.25, -0.2) is 0 Å². The first-order chi connectivity index (χ1) is 9.08. The minimum atomic E-state index is 0.0803. The zero-order valence-electron chi connectivity index (χ0n) is 12.2. The Balaban J connectivity index is 1.51. The van der Waals surface area contributed by atoms with Gasteiger partial charge in [0.05, 0.1) is 0 Å². The van der Waals surface area contributed by atoms with Gasteiger partial charge in [-0.2, -0.15) is 0 Å². The average Bonchev–Trinajstić information content (AvgIpc) is 2.69. The van der Waals surface area contributed by atoms with Crippen LogP contribution in [0.15, 0.2) is 0 Å².